The van der Waals surface area contributed by atoms with Gasteiger partial charge in [-0.25, -0.2) is 4.39 Å². The van der Waals surface area contributed by atoms with Gasteiger partial charge in [-0.3, -0.25) is 9.59 Å². The van der Waals surface area contributed by atoms with Gasteiger partial charge in [-0.1, -0.05) is 36.4 Å². The van der Waals surface area contributed by atoms with E-state index >= 15 is 0 Å². The molecule has 5 heteroatoms. The van der Waals surface area contributed by atoms with Gasteiger partial charge in [0.05, 0.1) is 11.8 Å². The number of carbonyl (C=O) groups excluding carboxylic acids is 2. The van der Waals surface area contributed by atoms with Crippen LogP contribution in [0.3, 0.4) is 0 Å². The Morgan fingerprint density at radius 2 is 1.81 bits per heavy atom. The van der Waals surface area contributed by atoms with Crippen LogP contribution in [-0.4, -0.2) is 11.7 Å². The van der Waals surface area contributed by atoms with Gasteiger partial charge in [0.15, 0.2) is 5.78 Å². The first-order valence-corrected chi connectivity index (χ1v) is 6.18. The highest BCUT2D eigenvalue weighted by molar-refractivity contribution is 6.13. The molecule has 2 aromatic carbocycles. The fourth-order valence-electron chi connectivity index (χ4n) is 1.84. The second kappa shape index (κ2) is 6.44. The highest BCUT2D eigenvalue weighted by Crippen LogP contribution is 2.23. The lowest BCUT2D eigenvalue weighted by Crippen LogP contribution is -2.15. The number of halogens is 1. The summed E-state index contributed by atoms with van der Waals surface area (Å²) in [5.74, 6) is -1.78. The number of nitrogens with one attached hydrogen (secondary N) is 1. The second-order valence-electron chi connectivity index (χ2n) is 4.24. The number of anilines is 1. The first-order chi connectivity index (χ1) is 10.1. The van der Waals surface area contributed by atoms with Crippen molar-refractivity contribution in [3.05, 3.63) is 65.5 Å². The van der Waals surface area contributed by atoms with Crippen molar-refractivity contribution >= 4 is 17.4 Å². The van der Waals surface area contributed by atoms with Gasteiger partial charge in [0.1, 0.15) is 12.2 Å². The van der Waals surface area contributed by atoms with Crippen molar-refractivity contribution in [2.24, 2.45) is 0 Å². The normalized spacial score (nSPS) is 9.71. The molecule has 0 heterocycles. The summed E-state index contributed by atoms with van der Waals surface area (Å²) < 4.78 is 13.9. The molecule has 0 saturated carbocycles. The molecular formula is C16H11FN2O2. The lowest BCUT2D eigenvalue weighted by Gasteiger charge is -2.10. The van der Waals surface area contributed by atoms with Crippen LogP contribution in [0.4, 0.5) is 10.1 Å². The largest absolute Gasteiger partial charge is 0.322 e. The number of carbonyl (C=O) groups is 2. The van der Waals surface area contributed by atoms with Crippen LogP contribution in [0, 0.1) is 17.1 Å². The molecule has 0 spiro atoms. The molecule has 104 valence electrons. The molecule has 21 heavy (non-hydrogen) atoms. The molecule has 0 aromatic heterocycles. The van der Waals surface area contributed by atoms with Crippen molar-refractivity contribution < 1.29 is 14.0 Å². The number of ketones is 1. The Labute approximate surface area is 120 Å². The van der Waals surface area contributed by atoms with Crippen molar-refractivity contribution in [3.8, 4) is 6.07 Å². The van der Waals surface area contributed by atoms with Crippen molar-refractivity contribution in [2.45, 2.75) is 6.42 Å². The monoisotopic (exact) mass is 282 g/mol. The molecule has 0 radical (unpaired) electrons. The molecule has 0 saturated heterocycles. The Morgan fingerprint density at radius 1 is 1.10 bits per heavy atom. The predicted molar refractivity (Wildman–Crippen MR) is 75.1 cm³/mol. The van der Waals surface area contributed by atoms with E-state index in [-0.39, 0.29) is 11.3 Å². The lowest BCUT2D eigenvalue weighted by molar-refractivity contribution is -0.115. The molecule has 1 N–H and O–H groups in total. The first kappa shape index (κ1) is 14.4. The Bertz CT molecular complexity index is 721. The fourth-order valence-corrected chi connectivity index (χ4v) is 1.84. The van der Waals surface area contributed by atoms with Gasteiger partial charge in [-0.2, -0.15) is 5.26 Å². The summed E-state index contributed by atoms with van der Waals surface area (Å²) in [6.45, 7) is 0. The van der Waals surface area contributed by atoms with Gasteiger partial charge >= 0.3 is 0 Å². The minimum atomic E-state index is -0.719. The van der Waals surface area contributed by atoms with Crippen molar-refractivity contribution in [1.82, 2.24) is 0 Å². The van der Waals surface area contributed by atoms with E-state index in [1.54, 1.807) is 36.4 Å². The third-order valence-corrected chi connectivity index (χ3v) is 2.80. The molecule has 0 atom stereocenters. The standard InChI is InChI=1S/C16H11FN2O2/c17-13-8-4-7-12(15(13)19-14(20)9-10-18)16(21)11-5-2-1-3-6-11/h1-8H,9H2,(H,19,20). The van der Waals surface area contributed by atoms with Crippen LogP contribution in [-0.2, 0) is 4.79 Å². The van der Waals surface area contributed by atoms with Crippen LogP contribution in [0.1, 0.15) is 22.3 Å². The molecule has 0 fully saturated rings. The molecule has 1 amide bonds. The summed E-state index contributed by atoms with van der Waals surface area (Å²) in [7, 11) is 0. The van der Waals surface area contributed by atoms with Gasteiger partial charge in [0, 0.05) is 11.1 Å². The van der Waals surface area contributed by atoms with Crippen LogP contribution in [0.25, 0.3) is 0 Å². The number of hydrogen-bond acceptors (Lipinski definition) is 3. The maximum absolute atomic E-state index is 13.9. The molecule has 2 aromatic rings. The molecular weight excluding hydrogens is 271 g/mol. The van der Waals surface area contributed by atoms with E-state index in [4.69, 9.17) is 5.26 Å². The number of amides is 1. The summed E-state index contributed by atoms with van der Waals surface area (Å²) in [5.41, 5.74) is 0.234. The topological polar surface area (TPSA) is 70.0 Å². The zero-order valence-corrected chi connectivity index (χ0v) is 11.0. The summed E-state index contributed by atoms with van der Waals surface area (Å²) in [6.07, 6.45) is -0.409. The lowest BCUT2D eigenvalue weighted by atomic mass is 10.0. The van der Waals surface area contributed by atoms with E-state index in [1.807, 2.05) is 0 Å². The Hall–Kier alpha value is -3.00. The number of nitriles is 1. The maximum atomic E-state index is 13.9. The Kier molecular flexibility index (Phi) is 4.42. The molecule has 0 aliphatic heterocycles. The van der Waals surface area contributed by atoms with E-state index in [9.17, 15) is 14.0 Å². The first-order valence-electron chi connectivity index (χ1n) is 6.18. The quantitative estimate of drug-likeness (QED) is 0.876. The number of benzene rings is 2. The Balaban J connectivity index is 2.40. The summed E-state index contributed by atoms with van der Waals surface area (Å²) in [5, 5.41) is 10.7. The molecule has 4 nitrogen and oxygen atoms in total. The molecule has 0 aliphatic rings. The summed E-state index contributed by atoms with van der Waals surface area (Å²) in [6, 6.07) is 14.0. The fraction of sp³-hybridized carbons (Fsp3) is 0.0625. The molecule has 0 bridgehead atoms. The summed E-state index contributed by atoms with van der Waals surface area (Å²) >= 11 is 0. The SMILES string of the molecule is N#CCC(=O)Nc1c(F)cccc1C(=O)c1ccccc1. The van der Waals surface area contributed by atoms with Gasteiger partial charge in [-0.05, 0) is 12.1 Å². The number of para-hydroxylation sites is 1. The van der Waals surface area contributed by atoms with E-state index < -0.39 is 23.9 Å². The van der Waals surface area contributed by atoms with Crippen molar-refractivity contribution in [2.75, 3.05) is 5.32 Å². The molecule has 0 aliphatic carbocycles. The maximum Gasteiger partial charge on any atom is 0.238 e. The minimum absolute atomic E-state index is 0.0486. The van der Waals surface area contributed by atoms with Crippen molar-refractivity contribution in [1.29, 1.82) is 5.26 Å². The van der Waals surface area contributed by atoms with Gasteiger partial charge in [0.2, 0.25) is 5.91 Å². The van der Waals surface area contributed by atoms with E-state index in [0.29, 0.717) is 5.56 Å². The van der Waals surface area contributed by atoms with Gasteiger partial charge in [0.25, 0.3) is 0 Å². The van der Waals surface area contributed by atoms with E-state index in [0.717, 1.165) is 6.07 Å². The molecule has 2 rings (SSSR count). The Morgan fingerprint density at radius 3 is 2.48 bits per heavy atom. The third-order valence-electron chi connectivity index (χ3n) is 2.80. The number of nitrogens with zero attached hydrogens (tertiary/aromatic N) is 1. The second-order valence-corrected chi connectivity index (χ2v) is 4.24. The van der Waals surface area contributed by atoms with Crippen LogP contribution >= 0.6 is 0 Å². The number of rotatable bonds is 4. The predicted octanol–water partition coefficient (Wildman–Crippen LogP) is 2.91. The minimum Gasteiger partial charge on any atom is -0.322 e. The summed E-state index contributed by atoms with van der Waals surface area (Å²) in [4.78, 5) is 23.8. The van der Waals surface area contributed by atoms with Crippen LogP contribution < -0.4 is 5.32 Å². The van der Waals surface area contributed by atoms with Crippen LogP contribution in [0.2, 0.25) is 0 Å². The smallest absolute Gasteiger partial charge is 0.238 e. The highest BCUT2D eigenvalue weighted by Gasteiger charge is 2.18. The van der Waals surface area contributed by atoms with Crippen LogP contribution in [0.15, 0.2) is 48.5 Å². The van der Waals surface area contributed by atoms with Crippen LogP contribution in [0.5, 0.6) is 0 Å². The van der Waals surface area contributed by atoms with Gasteiger partial charge in [-0.15, -0.1) is 0 Å². The highest BCUT2D eigenvalue weighted by atomic mass is 19.1. The average Bonchev–Trinajstić information content (AvgIpc) is 2.50. The number of hydrogen-bond donors (Lipinski definition) is 1. The van der Waals surface area contributed by atoms with E-state index in [1.165, 1.54) is 12.1 Å². The zero-order valence-electron chi connectivity index (χ0n) is 11.0. The average molecular weight is 282 g/mol. The zero-order chi connectivity index (χ0) is 15.2. The third kappa shape index (κ3) is 3.31. The molecule has 0 unspecified atom stereocenters. The van der Waals surface area contributed by atoms with E-state index in [2.05, 4.69) is 5.32 Å². The van der Waals surface area contributed by atoms with Crippen molar-refractivity contribution in [3.63, 3.8) is 0 Å². The van der Waals surface area contributed by atoms with Gasteiger partial charge < -0.3 is 5.32 Å².